The first-order valence-corrected chi connectivity index (χ1v) is 7.15. The van der Waals surface area contributed by atoms with E-state index in [1.165, 1.54) is 17.1 Å². The van der Waals surface area contributed by atoms with E-state index in [2.05, 4.69) is 10.4 Å². The highest BCUT2D eigenvalue weighted by molar-refractivity contribution is 5.88. The number of nitrogens with zero attached hydrogens (tertiary/aromatic N) is 2. The summed E-state index contributed by atoms with van der Waals surface area (Å²) in [5, 5.41) is 15.7. The Morgan fingerprint density at radius 2 is 2.26 bits per heavy atom. The van der Waals surface area contributed by atoms with Gasteiger partial charge in [-0.25, -0.2) is 9.59 Å². The lowest BCUT2D eigenvalue weighted by Crippen LogP contribution is -2.33. The number of anilines is 1. The smallest absolute Gasteiger partial charge is 0.412 e. The van der Waals surface area contributed by atoms with Gasteiger partial charge in [0.15, 0.2) is 0 Å². The summed E-state index contributed by atoms with van der Waals surface area (Å²) in [6, 6.07) is 7.14. The lowest BCUT2D eigenvalue weighted by molar-refractivity contribution is -0.147. The third-order valence-electron chi connectivity index (χ3n) is 3.29. The maximum absolute atomic E-state index is 12.1. The minimum absolute atomic E-state index is 0.419. The van der Waals surface area contributed by atoms with Crippen LogP contribution in [0.3, 0.4) is 0 Å². The van der Waals surface area contributed by atoms with Crippen LogP contribution in [0, 0.1) is 6.92 Å². The molecule has 0 bridgehead atoms. The number of rotatable bonds is 6. The van der Waals surface area contributed by atoms with Crippen LogP contribution in [-0.4, -0.2) is 33.0 Å². The molecule has 0 aliphatic rings. The van der Waals surface area contributed by atoms with Gasteiger partial charge in [-0.3, -0.25) is 10.00 Å². The zero-order valence-corrected chi connectivity index (χ0v) is 12.9. The second kappa shape index (κ2) is 7.44. The molecular formula is C16H19N3O4. The third kappa shape index (κ3) is 4.32. The highest BCUT2D eigenvalue weighted by Crippen LogP contribution is 2.21. The predicted molar refractivity (Wildman–Crippen MR) is 84.3 cm³/mol. The number of carboxylic acid groups (broad SMARTS) is 1. The van der Waals surface area contributed by atoms with Crippen molar-refractivity contribution in [1.82, 2.24) is 9.78 Å². The van der Waals surface area contributed by atoms with Gasteiger partial charge in [0.25, 0.3) is 0 Å². The van der Waals surface area contributed by atoms with Crippen LogP contribution in [0.5, 0.6) is 0 Å². The van der Waals surface area contributed by atoms with E-state index in [-0.39, 0.29) is 0 Å². The van der Waals surface area contributed by atoms with Crippen molar-refractivity contribution in [2.75, 3.05) is 5.32 Å². The molecular weight excluding hydrogens is 298 g/mol. The molecule has 1 aromatic carbocycles. The number of carbonyl (C=O) groups is 2. The number of benzene rings is 1. The standard InChI is InChI=1S/C16H19N3O4/c1-3-12-7-4-6-11(2)14(12)18-16(22)23-13(15(20)21)10-19-9-5-8-17-19/h4-9,13H,3,10H2,1-2H3,(H,18,22)(H,20,21)/i13D. The first-order valence-electron chi connectivity index (χ1n) is 7.65. The van der Waals surface area contributed by atoms with Crippen LogP contribution >= 0.6 is 0 Å². The van der Waals surface area contributed by atoms with Gasteiger partial charge in [0, 0.05) is 12.4 Å². The zero-order chi connectivity index (χ0) is 17.7. The van der Waals surface area contributed by atoms with Gasteiger partial charge in [0.1, 0.15) is 0 Å². The Balaban J connectivity index is 2.16. The number of hydrogen-bond donors (Lipinski definition) is 2. The summed E-state index contributed by atoms with van der Waals surface area (Å²) in [6.45, 7) is 3.34. The highest BCUT2D eigenvalue weighted by atomic mass is 16.6. The van der Waals surface area contributed by atoms with Gasteiger partial charge in [-0.1, -0.05) is 25.1 Å². The van der Waals surface area contributed by atoms with E-state index in [1.807, 2.05) is 32.0 Å². The first-order chi connectivity index (χ1) is 11.4. The largest absolute Gasteiger partial charge is 0.478 e. The number of amides is 1. The normalized spacial score (nSPS) is 13.7. The maximum atomic E-state index is 12.1. The molecule has 7 nitrogen and oxygen atoms in total. The van der Waals surface area contributed by atoms with Crippen LogP contribution in [0.1, 0.15) is 19.4 Å². The monoisotopic (exact) mass is 318 g/mol. The van der Waals surface area contributed by atoms with Crippen molar-refractivity contribution in [2.24, 2.45) is 0 Å². The number of aliphatic carboxylic acids is 1. The Labute approximate surface area is 135 Å². The molecule has 7 heteroatoms. The van der Waals surface area contributed by atoms with Crippen LogP contribution in [0.25, 0.3) is 0 Å². The summed E-state index contributed by atoms with van der Waals surface area (Å²) in [4.78, 5) is 23.5. The number of hydrogen-bond acceptors (Lipinski definition) is 4. The Bertz CT molecular complexity index is 733. The van der Waals surface area contributed by atoms with Gasteiger partial charge in [-0.2, -0.15) is 5.10 Å². The quantitative estimate of drug-likeness (QED) is 0.853. The SMILES string of the molecule is [2H]C(Cn1cccn1)(OC(=O)Nc1c(C)cccc1CC)C(=O)O. The van der Waals surface area contributed by atoms with Crippen molar-refractivity contribution in [1.29, 1.82) is 0 Å². The number of aryl methyl sites for hydroxylation is 2. The molecule has 0 aliphatic heterocycles. The minimum atomic E-state index is -2.48. The van der Waals surface area contributed by atoms with Crippen LogP contribution in [0.2, 0.25) is 0 Å². The fraction of sp³-hybridized carbons (Fsp3) is 0.312. The lowest BCUT2D eigenvalue weighted by Gasteiger charge is -2.17. The van der Waals surface area contributed by atoms with Crippen LogP contribution in [-0.2, 0) is 22.5 Å². The number of carboxylic acids is 1. The highest BCUT2D eigenvalue weighted by Gasteiger charge is 2.23. The molecule has 1 unspecified atom stereocenters. The van der Waals surface area contributed by atoms with E-state index in [9.17, 15) is 14.7 Å². The molecule has 0 spiro atoms. The topological polar surface area (TPSA) is 93.5 Å². The first kappa shape index (κ1) is 15.1. The molecule has 2 rings (SSSR count). The number of nitrogens with one attached hydrogen (secondary N) is 1. The van der Waals surface area contributed by atoms with Gasteiger partial charge < -0.3 is 9.84 Å². The molecule has 0 saturated carbocycles. The number of carbonyl (C=O) groups excluding carboxylic acids is 1. The number of para-hydroxylation sites is 1. The van der Waals surface area contributed by atoms with Crippen molar-refractivity contribution < 1.29 is 20.8 Å². The zero-order valence-electron chi connectivity index (χ0n) is 13.9. The summed E-state index contributed by atoms with van der Waals surface area (Å²) in [5.41, 5.74) is 2.28. The van der Waals surface area contributed by atoms with Gasteiger partial charge in [-0.15, -0.1) is 0 Å². The van der Waals surface area contributed by atoms with E-state index in [1.54, 1.807) is 6.07 Å². The Hall–Kier alpha value is -2.83. The molecule has 0 fully saturated rings. The number of ether oxygens (including phenoxy) is 1. The summed E-state index contributed by atoms with van der Waals surface area (Å²) in [6.07, 6.45) is 0.150. The predicted octanol–water partition coefficient (Wildman–Crippen LogP) is 2.46. The Kier molecular flexibility index (Phi) is 4.88. The maximum Gasteiger partial charge on any atom is 0.412 e. The molecule has 2 N–H and O–H groups in total. The van der Waals surface area contributed by atoms with Crippen molar-refractivity contribution in [3.8, 4) is 0 Å². The van der Waals surface area contributed by atoms with Crippen molar-refractivity contribution in [3.63, 3.8) is 0 Å². The fourth-order valence-electron chi connectivity index (χ4n) is 2.13. The molecule has 1 amide bonds. The van der Waals surface area contributed by atoms with Crippen molar-refractivity contribution >= 4 is 17.7 Å². The van der Waals surface area contributed by atoms with E-state index < -0.39 is 24.7 Å². The lowest BCUT2D eigenvalue weighted by atomic mass is 10.1. The van der Waals surface area contributed by atoms with E-state index >= 15 is 0 Å². The van der Waals surface area contributed by atoms with Gasteiger partial charge >= 0.3 is 12.1 Å². The minimum Gasteiger partial charge on any atom is -0.478 e. The van der Waals surface area contributed by atoms with Gasteiger partial charge in [0.2, 0.25) is 6.08 Å². The summed E-state index contributed by atoms with van der Waals surface area (Å²) in [5.74, 6) is -1.58. The van der Waals surface area contributed by atoms with Crippen LogP contribution in [0.4, 0.5) is 10.5 Å². The molecule has 0 radical (unpaired) electrons. The van der Waals surface area contributed by atoms with Crippen molar-refractivity contribution in [3.05, 3.63) is 47.8 Å². The van der Waals surface area contributed by atoms with E-state index in [4.69, 9.17) is 6.11 Å². The molecule has 2 aromatic rings. The molecule has 122 valence electrons. The summed E-state index contributed by atoms with van der Waals surface area (Å²) >= 11 is 0. The Morgan fingerprint density at radius 3 is 2.87 bits per heavy atom. The fourth-order valence-corrected chi connectivity index (χ4v) is 2.13. The average Bonchev–Trinajstić information content (AvgIpc) is 3.01. The molecule has 23 heavy (non-hydrogen) atoms. The molecule has 1 aromatic heterocycles. The second-order valence-electron chi connectivity index (χ2n) is 4.91. The van der Waals surface area contributed by atoms with Crippen molar-refractivity contribution in [2.45, 2.75) is 32.9 Å². The van der Waals surface area contributed by atoms with E-state index in [0.29, 0.717) is 12.1 Å². The summed E-state index contributed by atoms with van der Waals surface area (Å²) in [7, 11) is 0. The average molecular weight is 318 g/mol. The molecule has 1 heterocycles. The molecule has 0 saturated heterocycles. The second-order valence-corrected chi connectivity index (χ2v) is 4.91. The summed E-state index contributed by atoms with van der Waals surface area (Å²) < 4.78 is 14.1. The van der Waals surface area contributed by atoms with Crippen LogP contribution < -0.4 is 5.32 Å². The van der Waals surface area contributed by atoms with Gasteiger partial charge in [0.05, 0.1) is 13.6 Å². The van der Waals surface area contributed by atoms with E-state index in [0.717, 1.165) is 11.1 Å². The third-order valence-corrected chi connectivity index (χ3v) is 3.29. The van der Waals surface area contributed by atoms with Gasteiger partial charge in [-0.05, 0) is 30.5 Å². The number of aromatic nitrogens is 2. The molecule has 1 atom stereocenters. The Morgan fingerprint density at radius 1 is 1.48 bits per heavy atom. The van der Waals surface area contributed by atoms with Crippen LogP contribution in [0.15, 0.2) is 36.7 Å². The molecule has 0 aliphatic carbocycles.